The van der Waals surface area contributed by atoms with Gasteiger partial charge in [-0.3, -0.25) is 14.3 Å². The number of benzene rings is 1. The molecule has 2 aromatic rings. The number of hydrogen-bond acceptors (Lipinski definition) is 3. The SMILES string of the molecule is CONC(=O)/C(Cl)=C/c1cc(-c2nn(C)c(C(F)(F)F)c2Cl)c(F)cc1Cl. The summed E-state index contributed by atoms with van der Waals surface area (Å²) in [4.78, 5) is 16.0. The Morgan fingerprint density at radius 1 is 1.33 bits per heavy atom. The molecule has 5 nitrogen and oxygen atoms in total. The monoisotopic (exact) mass is 445 g/mol. The third-order valence-electron chi connectivity index (χ3n) is 3.29. The Balaban J connectivity index is 2.61. The highest BCUT2D eigenvalue weighted by Gasteiger charge is 2.39. The van der Waals surface area contributed by atoms with Crippen LogP contribution in [-0.4, -0.2) is 22.8 Å². The number of rotatable bonds is 4. The van der Waals surface area contributed by atoms with Crippen LogP contribution in [0, 0.1) is 5.82 Å². The van der Waals surface area contributed by atoms with E-state index in [2.05, 4.69) is 9.94 Å². The number of carbonyl (C=O) groups excluding carboxylic acids is 1. The average Bonchev–Trinajstić information content (AvgIpc) is 2.84. The van der Waals surface area contributed by atoms with Crippen molar-refractivity contribution in [3.63, 3.8) is 0 Å². The Kier molecular flexibility index (Phi) is 6.41. The Bertz CT molecular complexity index is 926. The molecule has 2 rings (SSSR count). The lowest BCUT2D eigenvalue weighted by atomic mass is 10.1. The fraction of sp³-hybridized carbons (Fsp3) is 0.200. The zero-order chi connectivity index (χ0) is 20.5. The number of hydroxylamine groups is 1. The molecule has 0 radical (unpaired) electrons. The molecule has 1 amide bonds. The first kappa shape index (κ1) is 21.5. The van der Waals surface area contributed by atoms with Gasteiger partial charge in [0.1, 0.15) is 16.5 Å². The molecule has 12 heteroatoms. The van der Waals surface area contributed by atoms with Gasteiger partial charge in [-0.2, -0.15) is 18.3 Å². The van der Waals surface area contributed by atoms with Gasteiger partial charge in [-0.25, -0.2) is 9.87 Å². The van der Waals surface area contributed by atoms with Crippen molar-refractivity contribution in [3.05, 3.63) is 44.3 Å². The first-order valence-electron chi connectivity index (χ1n) is 6.97. The molecule has 0 aliphatic heterocycles. The normalized spacial score (nSPS) is 12.4. The number of nitrogens with zero attached hydrogens (tertiary/aromatic N) is 2. The van der Waals surface area contributed by atoms with Crippen molar-refractivity contribution in [2.45, 2.75) is 6.18 Å². The number of nitrogens with one attached hydrogen (secondary N) is 1. The fourth-order valence-electron chi connectivity index (χ4n) is 2.18. The van der Waals surface area contributed by atoms with Crippen LogP contribution >= 0.6 is 34.8 Å². The van der Waals surface area contributed by atoms with Gasteiger partial charge in [0.05, 0.1) is 17.2 Å². The molecule has 0 unspecified atom stereocenters. The van der Waals surface area contributed by atoms with Crippen LogP contribution in [0.2, 0.25) is 10.0 Å². The molecule has 0 aliphatic carbocycles. The van der Waals surface area contributed by atoms with E-state index >= 15 is 0 Å². The predicted molar refractivity (Wildman–Crippen MR) is 92.6 cm³/mol. The second-order valence-corrected chi connectivity index (χ2v) is 6.31. The molecule has 0 bridgehead atoms. The summed E-state index contributed by atoms with van der Waals surface area (Å²) in [6.07, 6.45) is -3.70. The molecule has 146 valence electrons. The average molecular weight is 447 g/mol. The van der Waals surface area contributed by atoms with Gasteiger partial charge < -0.3 is 0 Å². The maximum absolute atomic E-state index is 14.3. The molecule has 1 heterocycles. The highest BCUT2D eigenvalue weighted by molar-refractivity contribution is 6.44. The summed E-state index contributed by atoms with van der Waals surface area (Å²) in [6.45, 7) is 0. The highest BCUT2D eigenvalue weighted by Crippen LogP contribution is 2.41. The summed E-state index contributed by atoms with van der Waals surface area (Å²) in [6, 6.07) is 1.92. The minimum absolute atomic E-state index is 0.0552. The van der Waals surface area contributed by atoms with Crippen molar-refractivity contribution in [1.29, 1.82) is 0 Å². The lowest BCUT2D eigenvalue weighted by molar-refractivity contribution is -0.143. The molecule has 0 fully saturated rings. The van der Waals surface area contributed by atoms with Gasteiger partial charge in [-0.1, -0.05) is 34.8 Å². The third kappa shape index (κ3) is 4.55. The topological polar surface area (TPSA) is 56.1 Å². The van der Waals surface area contributed by atoms with Crippen LogP contribution in [0.3, 0.4) is 0 Å². The molecular formula is C15H10Cl3F4N3O2. The van der Waals surface area contributed by atoms with E-state index < -0.39 is 34.3 Å². The van der Waals surface area contributed by atoms with E-state index in [1.807, 2.05) is 5.48 Å². The third-order valence-corrected chi connectivity index (χ3v) is 4.26. The van der Waals surface area contributed by atoms with Gasteiger partial charge in [-0.15, -0.1) is 0 Å². The van der Waals surface area contributed by atoms with Crippen LogP contribution in [-0.2, 0) is 22.9 Å². The van der Waals surface area contributed by atoms with E-state index in [1.165, 1.54) is 7.11 Å². The van der Waals surface area contributed by atoms with E-state index in [9.17, 15) is 22.4 Å². The van der Waals surface area contributed by atoms with Gasteiger partial charge in [0.25, 0.3) is 5.91 Å². The lowest BCUT2D eigenvalue weighted by Crippen LogP contribution is -2.21. The molecule has 1 N–H and O–H groups in total. The van der Waals surface area contributed by atoms with Crippen molar-refractivity contribution in [1.82, 2.24) is 15.3 Å². The number of hydrogen-bond donors (Lipinski definition) is 1. The van der Waals surface area contributed by atoms with Crippen molar-refractivity contribution < 1.29 is 27.2 Å². The fourth-order valence-corrected chi connectivity index (χ4v) is 2.91. The second-order valence-electron chi connectivity index (χ2n) is 5.11. The van der Waals surface area contributed by atoms with Crippen molar-refractivity contribution >= 4 is 46.8 Å². The largest absolute Gasteiger partial charge is 0.434 e. The van der Waals surface area contributed by atoms with Crippen LogP contribution in [0.25, 0.3) is 17.3 Å². The van der Waals surface area contributed by atoms with Crippen LogP contribution in [0.1, 0.15) is 11.3 Å². The quantitative estimate of drug-likeness (QED) is 0.417. The van der Waals surface area contributed by atoms with Gasteiger partial charge in [0, 0.05) is 12.6 Å². The number of alkyl halides is 3. The highest BCUT2D eigenvalue weighted by atomic mass is 35.5. The molecule has 27 heavy (non-hydrogen) atoms. The smallest absolute Gasteiger partial charge is 0.277 e. The molecule has 0 aliphatic rings. The Morgan fingerprint density at radius 3 is 2.48 bits per heavy atom. The van der Waals surface area contributed by atoms with Crippen molar-refractivity contribution in [2.24, 2.45) is 7.05 Å². The number of amides is 1. The minimum atomic E-state index is -4.79. The molecule has 1 aromatic carbocycles. The summed E-state index contributed by atoms with van der Waals surface area (Å²) in [5.74, 6) is -1.76. The minimum Gasteiger partial charge on any atom is -0.277 e. The van der Waals surface area contributed by atoms with E-state index in [4.69, 9.17) is 34.8 Å². The zero-order valence-electron chi connectivity index (χ0n) is 13.6. The Labute approximate surface area is 165 Å². The van der Waals surface area contributed by atoms with Crippen LogP contribution in [0.4, 0.5) is 17.6 Å². The van der Waals surface area contributed by atoms with Crippen LogP contribution in [0.15, 0.2) is 17.2 Å². The summed E-state index contributed by atoms with van der Waals surface area (Å²) < 4.78 is 54.0. The van der Waals surface area contributed by atoms with Crippen molar-refractivity contribution in [2.75, 3.05) is 7.11 Å². The van der Waals surface area contributed by atoms with Gasteiger partial charge in [0.2, 0.25) is 0 Å². The van der Waals surface area contributed by atoms with Crippen LogP contribution < -0.4 is 5.48 Å². The Hall–Kier alpha value is -1.81. The summed E-state index contributed by atoms with van der Waals surface area (Å²) in [7, 11) is 2.21. The molecule has 0 saturated heterocycles. The number of carbonyl (C=O) groups is 1. The number of aromatic nitrogens is 2. The first-order chi connectivity index (χ1) is 12.5. The number of aryl methyl sites for hydroxylation is 1. The summed E-state index contributed by atoms with van der Waals surface area (Å²) in [5, 5.41) is 2.38. The molecule has 0 saturated carbocycles. The summed E-state index contributed by atoms with van der Waals surface area (Å²) in [5.41, 5.74) is -0.00293. The van der Waals surface area contributed by atoms with Gasteiger partial charge in [0.15, 0.2) is 5.69 Å². The van der Waals surface area contributed by atoms with E-state index in [1.54, 1.807) is 0 Å². The lowest BCUT2D eigenvalue weighted by Gasteiger charge is -2.07. The molecular weight excluding hydrogens is 437 g/mol. The molecule has 0 spiro atoms. The molecule has 1 aromatic heterocycles. The maximum Gasteiger partial charge on any atom is 0.434 e. The van der Waals surface area contributed by atoms with E-state index in [0.717, 1.165) is 25.3 Å². The maximum atomic E-state index is 14.3. The van der Waals surface area contributed by atoms with Gasteiger partial charge in [-0.05, 0) is 23.8 Å². The second kappa shape index (κ2) is 8.05. The van der Waals surface area contributed by atoms with Crippen molar-refractivity contribution in [3.8, 4) is 11.3 Å². The predicted octanol–water partition coefficient (Wildman–Crippen LogP) is 4.81. The standard InChI is InChI=1S/C15H10Cl3F4N3O2/c1-25-13(15(20,21)22)11(18)12(23-25)7-3-6(8(16)5-10(7)19)4-9(17)14(26)24-27-2/h3-5H,1-2H3,(H,24,26)/b9-4-. The zero-order valence-corrected chi connectivity index (χ0v) is 15.9. The number of halogens is 7. The van der Waals surface area contributed by atoms with E-state index in [0.29, 0.717) is 4.68 Å². The first-order valence-corrected chi connectivity index (χ1v) is 8.10. The van der Waals surface area contributed by atoms with E-state index in [-0.39, 0.29) is 21.2 Å². The molecule has 0 atom stereocenters. The van der Waals surface area contributed by atoms with Gasteiger partial charge >= 0.3 is 6.18 Å². The summed E-state index contributed by atoms with van der Waals surface area (Å²) >= 11 is 17.5. The Morgan fingerprint density at radius 2 is 1.96 bits per heavy atom. The van der Waals surface area contributed by atoms with Crippen LogP contribution in [0.5, 0.6) is 0 Å².